The summed E-state index contributed by atoms with van der Waals surface area (Å²) in [5.41, 5.74) is -0.375. The molecule has 2 aromatic rings. The van der Waals surface area contributed by atoms with Crippen LogP contribution in [0, 0.1) is 17.5 Å². The van der Waals surface area contributed by atoms with Crippen molar-refractivity contribution in [3.05, 3.63) is 47.1 Å². The fraction of sp³-hybridized carbons (Fsp3) is 0. The van der Waals surface area contributed by atoms with Gasteiger partial charge in [0.15, 0.2) is 17.5 Å². The van der Waals surface area contributed by atoms with Crippen molar-refractivity contribution in [2.75, 3.05) is 4.72 Å². The quantitative estimate of drug-likeness (QED) is 0.884. The van der Waals surface area contributed by atoms with Crippen LogP contribution in [0.1, 0.15) is 0 Å². The normalized spacial score (nSPS) is 11.5. The summed E-state index contributed by atoms with van der Waals surface area (Å²) in [6.45, 7) is 0. The largest absolute Gasteiger partial charge is 0.279 e. The van der Waals surface area contributed by atoms with Crippen molar-refractivity contribution in [1.82, 2.24) is 0 Å². The van der Waals surface area contributed by atoms with Crippen molar-refractivity contribution < 1.29 is 21.6 Å². The Bertz CT molecular complexity index is 645. The molecule has 0 unspecified atom stereocenters. The molecule has 3 nitrogen and oxygen atoms in total. The van der Waals surface area contributed by atoms with Gasteiger partial charge in [0, 0.05) is 12.1 Å². The van der Waals surface area contributed by atoms with Crippen LogP contribution in [-0.2, 0) is 10.0 Å². The summed E-state index contributed by atoms with van der Waals surface area (Å²) in [5, 5.41) is 1.54. The second kappa shape index (κ2) is 4.62. The van der Waals surface area contributed by atoms with Crippen LogP contribution in [0.4, 0.5) is 18.9 Å². The maximum Gasteiger partial charge on any atom is 0.271 e. The number of benzene rings is 1. The highest BCUT2D eigenvalue weighted by Gasteiger charge is 2.18. The number of anilines is 1. The van der Waals surface area contributed by atoms with Crippen LogP contribution >= 0.6 is 11.3 Å². The lowest BCUT2D eigenvalue weighted by molar-refractivity contribution is 0.448. The van der Waals surface area contributed by atoms with Gasteiger partial charge in [-0.1, -0.05) is 6.07 Å². The third kappa shape index (κ3) is 2.49. The lowest BCUT2D eigenvalue weighted by Gasteiger charge is -2.06. The molecular formula is C10H6F3NO2S2. The van der Waals surface area contributed by atoms with Gasteiger partial charge >= 0.3 is 0 Å². The predicted octanol–water partition coefficient (Wildman–Crippen LogP) is 2.97. The van der Waals surface area contributed by atoms with Crippen LogP contribution in [0.5, 0.6) is 0 Å². The zero-order valence-electron chi connectivity index (χ0n) is 8.65. The molecule has 0 saturated carbocycles. The molecule has 8 heteroatoms. The van der Waals surface area contributed by atoms with Gasteiger partial charge in [-0.05, 0) is 11.4 Å². The Labute approximate surface area is 105 Å². The first-order valence-corrected chi connectivity index (χ1v) is 6.97. The minimum atomic E-state index is -3.90. The number of rotatable bonds is 3. The minimum absolute atomic E-state index is 0.00681. The van der Waals surface area contributed by atoms with Gasteiger partial charge in [-0.25, -0.2) is 21.6 Å². The summed E-state index contributed by atoms with van der Waals surface area (Å²) in [5.74, 6) is -4.56. The van der Waals surface area contributed by atoms with Gasteiger partial charge in [0.2, 0.25) is 0 Å². The van der Waals surface area contributed by atoms with E-state index in [1.165, 1.54) is 12.1 Å². The van der Waals surface area contributed by atoms with Crippen LogP contribution in [0.25, 0.3) is 0 Å². The summed E-state index contributed by atoms with van der Waals surface area (Å²) in [6.07, 6.45) is 0. The van der Waals surface area contributed by atoms with Gasteiger partial charge in [-0.3, -0.25) is 4.72 Å². The molecule has 0 spiro atoms. The maximum absolute atomic E-state index is 12.9. The predicted molar refractivity (Wildman–Crippen MR) is 61.4 cm³/mol. The molecule has 2 rings (SSSR count). The first-order chi connectivity index (χ1) is 8.40. The Balaban J connectivity index is 2.36. The number of sulfonamides is 1. The van der Waals surface area contributed by atoms with Crippen molar-refractivity contribution >= 4 is 27.0 Å². The molecule has 18 heavy (non-hydrogen) atoms. The first-order valence-electron chi connectivity index (χ1n) is 4.61. The highest BCUT2D eigenvalue weighted by Crippen LogP contribution is 2.22. The van der Waals surface area contributed by atoms with Gasteiger partial charge in [0.1, 0.15) is 4.21 Å². The Kier molecular flexibility index (Phi) is 3.31. The molecular weight excluding hydrogens is 287 g/mol. The van der Waals surface area contributed by atoms with E-state index in [2.05, 4.69) is 0 Å². The van der Waals surface area contributed by atoms with Crippen LogP contribution < -0.4 is 4.72 Å². The molecule has 1 aromatic heterocycles. The highest BCUT2D eigenvalue weighted by molar-refractivity contribution is 7.94. The fourth-order valence-corrected chi connectivity index (χ4v) is 3.27. The smallest absolute Gasteiger partial charge is 0.271 e. The van der Waals surface area contributed by atoms with E-state index in [0.29, 0.717) is 12.1 Å². The Morgan fingerprint density at radius 2 is 1.72 bits per heavy atom. The standard InChI is InChI=1S/C10H6F3NO2S2/c11-7-4-6(5-8(12)10(7)13)14-18(15,16)9-2-1-3-17-9/h1-5,14H. The first kappa shape index (κ1) is 12.9. The minimum Gasteiger partial charge on any atom is -0.279 e. The monoisotopic (exact) mass is 293 g/mol. The molecule has 96 valence electrons. The number of hydrogen-bond acceptors (Lipinski definition) is 3. The van der Waals surface area contributed by atoms with Crippen LogP contribution in [0.15, 0.2) is 33.9 Å². The van der Waals surface area contributed by atoms with Gasteiger partial charge in [0.25, 0.3) is 10.0 Å². The Morgan fingerprint density at radius 3 is 2.22 bits per heavy atom. The average molecular weight is 293 g/mol. The Hall–Kier alpha value is -1.54. The number of nitrogens with one attached hydrogen (secondary N) is 1. The third-order valence-electron chi connectivity index (χ3n) is 2.00. The van der Waals surface area contributed by atoms with E-state index in [4.69, 9.17) is 0 Å². The van der Waals surface area contributed by atoms with Crippen molar-refractivity contribution in [1.29, 1.82) is 0 Å². The molecule has 0 bridgehead atoms. The zero-order valence-corrected chi connectivity index (χ0v) is 10.3. The second-order valence-corrected chi connectivity index (χ2v) is 6.15. The second-order valence-electron chi connectivity index (χ2n) is 3.29. The van der Waals surface area contributed by atoms with Gasteiger partial charge in [0.05, 0.1) is 5.69 Å². The molecule has 0 aliphatic rings. The van der Waals surface area contributed by atoms with Crippen molar-refractivity contribution in [2.45, 2.75) is 4.21 Å². The van der Waals surface area contributed by atoms with Crippen LogP contribution in [0.3, 0.4) is 0 Å². The van der Waals surface area contributed by atoms with Gasteiger partial charge in [-0.2, -0.15) is 0 Å². The lowest BCUT2D eigenvalue weighted by Crippen LogP contribution is -2.12. The number of halogens is 3. The van der Waals surface area contributed by atoms with Crippen LogP contribution in [-0.4, -0.2) is 8.42 Å². The van der Waals surface area contributed by atoms with Crippen molar-refractivity contribution in [2.24, 2.45) is 0 Å². The fourth-order valence-electron chi connectivity index (χ4n) is 1.24. The SMILES string of the molecule is O=S(=O)(Nc1cc(F)c(F)c(F)c1)c1cccs1. The van der Waals surface area contributed by atoms with E-state index >= 15 is 0 Å². The average Bonchev–Trinajstić information content (AvgIpc) is 2.79. The van der Waals surface area contributed by atoms with E-state index < -0.39 is 27.5 Å². The molecule has 0 atom stereocenters. The van der Waals surface area contributed by atoms with E-state index in [1.807, 2.05) is 4.72 Å². The molecule has 0 aliphatic carbocycles. The summed E-state index contributed by atoms with van der Waals surface area (Å²) < 4.78 is 63.9. The summed E-state index contributed by atoms with van der Waals surface area (Å²) >= 11 is 0.949. The molecule has 0 saturated heterocycles. The third-order valence-corrected chi connectivity index (χ3v) is 4.77. The molecule has 1 N–H and O–H groups in total. The summed E-state index contributed by atoms with van der Waals surface area (Å²) in [6, 6.07) is 4.00. The van der Waals surface area contributed by atoms with E-state index in [0.717, 1.165) is 11.3 Å². The number of hydrogen-bond donors (Lipinski definition) is 1. The van der Waals surface area contributed by atoms with E-state index in [1.54, 1.807) is 5.38 Å². The van der Waals surface area contributed by atoms with E-state index in [9.17, 15) is 21.6 Å². The lowest BCUT2D eigenvalue weighted by atomic mass is 10.3. The molecule has 1 heterocycles. The zero-order chi connectivity index (χ0) is 13.3. The summed E-state index contributed by atoms with van der Waals surface area (Å²) in [4.78, 5) is 0. The number of thiophene rings is 1. The van der Waals surface area contributed by atoms with Gasteiger partial charge in [-0.15, -0.1) is 11.3 Å². The van der Waals surface area contributed by atoms with Crippen molar-refractivity contribution in [3.8, 4) is 0 Å². The molecule has 0 amide bonds. The van der Waals surface area contributed by atoms with Crippen molar-refractivity contribution in [3.63, 3.8) is 0 Å². The van der Waals surface area contributed by atoms with Gasteiger partial charge < -0.3 is 0 Å². The summed E-state index contributed by atoms with van der Waals surface area (Å²) in [7, 11) is -3.90. The van der Waals surface area contributed by atoms with Crippen LogP contribution in [0.2, 0.25) is 0 Å². The Morgan fingerprint density at radius 1 is 1.11 bits per heavy atom. The molecule has 0 fully saturated rings. The topological polar surface area (TPSA) is 46.2 Å². The van der Waals surface area contributed by atoms with E-state index in [-0.39, 0.29) is 9.90 Å². The molecule has 1 aromatic carbocycles. The highest BCUT2D eigenvalue weighted by atomic mass is 32.2. The maximum atomic E-state index is 12.9. The molecule has 0 radical (unpaired) electrons. The molecule has 0 aliphatic heterocycles.